The summed E-state index contributed by atoms with van der Waals surface area (Å²) in [6.45, 7) is 0.266. The van der Waals surface area contributed by atoms with Crippen LogP contribution < -0.4 is 9.47 Å². The molecule has 3 rings (SSSR count). The molecule has 3 heteroatoms. The Balaban J connectivity index is 2.03. The maximum Gasteiger partial charge on any atom is 0.231 e. The third-order valence-electron chi connectivity index (χ3n) is 3.06. The van der Waals surface area contributed by atoms with E-state index in [2.05, 4.69) is 0 Å². The van der Waals surface area contributed by atoms with E-state index in [0.29, 0.717) is 5.92 Å². The van der Waals surface area contributed by atoms with Gasteiger partial charge in [0.25, 0.3) is 0 Å². The molecule has 1 aliphatic carbocycles. The molecule has 3 nitrogen and oxygen atoms in total. The van der Waals surface area contributed by atoms with E-state index in [1.165, 1.54) is 0 Å². The molecule has 1 fully saturated rings. The fraction of sp³-hybridized carbons (Fsp3) is 0.417. The fourth-order valence-corrected chi connectivity index (χ4v) is 2.11. The van der Waals surface area contributed by atoms with E-state index >= 15 is 0 Å². The lowest BCUT2D eigenvalue weighted by Gasteiger charge is -2.11. The summed E-state index contributed by atoms with van der Waals surface area (Å²) in [5, 5.41) is 0. The smallest absolute Gasteiger partial charge is 0.231 e. The largest absolute Gasteiger partial charge is 0.454 e. The first-order valence-electron chi connectivity index (χ1n) is 5.24. The molecule has 0 N–H and O–H groups in total. The molecule has 1 heterocycles. The summed E-state index contributed by atoms with van der Waals surface area (Å²) in [4.78, 5) is 11.1. The normalized spacial score (nSPS) is 20.0. The topological polar surface area (TPSA) is 35.5 Å². The second-order valence-corrected chi connectivity index (χ2v) is 4.08. The standard InChI is InChI=1S/C12H12O3/c13-6-10(8-4-5-8)9-2-1-3-11-12(9)15-7-14-11/h1-3,6,8,10H,4-5,7H2. The summed E-state index contributed by atoms with van der Waals surface area (Å²) < 4.78 is 10.7. The molecule has 0 bridgehead atoms. The van der Waals surface area contributed by atoms with Crippen molar-refractivity contribution in [1.82, 2.24) is 0 Å². The van der Waals surface area contributed by atoms with Crippen LogP contribution in [0.5, 0.6) is 11.5 Å². The number of aldehydes is 1. The minimum absolute atomic E-state index is 0.0124. The van der Waals surface area contributed by atoms with Gasteiger partial charge in [-0.1, -0.05) is 12.1 Å². The van der Waals surface area contributed by atoms with E-state index in [-0.39, 0.29) is 12.7 Å². The number of carbonyl (C=O) groups excluding carboxylic acids is 1. The molecular weight excluding hydrogens is 192 g/mol. The number of para-hydroxylation sites is 1. The molecule has 1 atom stereocenters. The lowest BCUT2D eigenvalue weighted by atomic mass is 9.94. The van der Waals surface area contributed by atoms with Gasteiger partial charge in [0.2, 0.25) is 6.79 Å². The third kappa shape index (κ3) is 1.39. The van der Waals surface area contributed by atoms with Crippen LogP contribution in [-0.4, -0.2) is 13.1 Å². The van der Waals surface area contributed by atoms with Gasteiger partial charge < -0.3 is 14.3 Å². The molecular formula is C12H12O3. The van der Waals surface area contributed by atoms with Gasteiger partial charge in [-0.25, -0.2) is 0 Å². The van der Waals surface area contributed by atoms with E-state index in [4.69, 9.17) is 9.47 Å². The van der Waals surface area contributed by atoms with Gasteiger partial charge in [-0.05, 0) is 24.8 Å². The Bertz CT molecular complexity index is 396. The first kappa shape index (κ1) is 8.77. The number of benzene rings is 1. The Kier molecular flexibility index (Phi) is 1.91. The molecule has 15 heavy (non-hydrogen) atoms. The summed E-state index contributed by atoms with van der Waals surface area (Å²) in [6.07, 6.45) is 3.33. The first-order chi connectivity index (χ1) is 7.40. The minimum Gasteiger partial charge on any atom is -0.454 e. The van der Waals surface area contributed by atoms with Crippen molar-refractivity contribution in [2.75, 3.05) is 6.79 Å². The van der Waals surface area contributed by atoms with Crippen LogP contribution in [0.15, 0.2) is 18.2 Å². The highest BCUT2D eigenvalue weighted by Gasteiger charge is 2.35. The van der Waals surface area contributed by atoms with Crippen LogP contribution in [0, 0.1) is 5.92 Å². The molecule has 0 aromatic heterocycles. The zero-order valence-corrected chi connectivity index (χ0v) is 8.31. The molecule has 0 spiro atoms. The second-order valence-electron chi connectivity index (χ2n) is 4.08. The van der Waals surface area contributed by atoms with Gasteiger partial charge in [0, 0.05) is 11.5 Å². The van der Waals surface area contributed by atoms with E-state index in [1.54, 1.807) is 0 Å². The second kappa shape index (κ2) is 3.26. The van der Waals surface area contributed by atoms with Crippen molar-refractivity contribution in [1.29, 1.82) is 0 Å². The molecule has 1 saturated carbocycles. The predicted molar refractivity (Wildman–Crippen MR) is 54.1 cm³/mol. The monoisotopic (exact) mass is 204 g/mol. The molecule has 1 aromatic carbocycles. The average molecular weight is 204 g/mol. The van der Waals surface area contributed by atoms with E-state index < -0.39 is 0 Å². The third-order valence-corrected chi connectivity index (χ3v) is 3.06. The lowest BCUT2D eigenvalue weighted by molar-refractivity contribution is -0.109. The molecule has 1 aromatic rings. The number of fused-ring (bicyclic) bond motifs is 1. The molecule has 78 valence electrons. The number of rotatable bonds is 3. The number of hydrogen-bond acceptors (Lipinski definition) is 3. The Morgan fingerprint density at radius 1 is 1.33 bits per heavy atom. The van der Waals surface area contributed by atoms with Crippen LogP contribution in [0.3, 0.4) is 0 Å². The van der Waals surface area contributed by atoms with E-state index in [1.807, 2.05) is 18.2 Å². The van der Waals surface area contributed by atoms with Gasteiger partial charge in [0.15, 0.2) is 11.5 Å². The Hall–Kier alpha value is -1.51. The van der Waals surface area contributed by atoms with Crippen LogP contribution in [-0.2, 0) is 4.79 Å². The molecule has 0 saturated heterocycles. The molecule has 1 aliphatic heterocycles. The Morgan fingerprint density at radius 3 is 2.93 bits per heavy atom. The zero-order valence-electron chi connectivity index (χ0n) is 8.31. The van der Waals surface area contributed by atoms with Gasteiger partial charge in [-0.15, -0.1) is 0 Å². The summed E-state index contributed by atoms with van der Waals surface area (Å²) in [5.74, 6) is 2.03. The maximum atomic E-state index is 11.1. The number of ether oxygens (including phenoxy) is 2. The van der Waals surface area contributed by atoms with Crippen molar-refractivity contribution in [3.63, 3.8) is 0 Å². The average Bonchev–Trinajstić information content (AvgIpc) is 2.97. The lowest BCUT2D eigenvalue weighted by Crippen LogP contribution is -2.04. The summed E-state index contributed by atoms with van der Waals surface area (Å²) in [7, 11) is 0. The maximum absolute atomic E-state index is 11.1. The summed E-state index contributed by atoms with van der Waals surface area (Å²) >= 11 is 0. The highest BCUT2D eigenvalue weighted by Crippen LogP contribution is 2.47. The highest BCUT2D eigenvalue weighted by atomic mass is 16.7. The fourth-order valence-electron chi connectivity index (χ4n) is 2.11. The quantitative estimate of drug-likeness (QED) is 0.707. The SMILES string of the molecule is O=CC(c1cccc2c1OCO2)C1CC1. The van der Waals surface area contributed by atoms with Crippen LogP contribution in [0.2, 0.25) is 0 Å². The van der Waals surface area contributed by atoms with Crippen molar-refractivity contribution in [3.8, 4) is 11.5 Å². The Labute approximate surface area is 88.0 Å². The van der Waals surface area contributed by atoms with Crippen LogP contribution in [0.25, 0.3) is 0 Å². The predicted octanol–water partition coefficient (Wildman–Crippen LogP) is 2.11. The van der Waals surface area contributed by atoms with Gasteiger partial charge in [-0.2, -0.15) is 0 Å². The molecule has 0 amide bonds. The summed E-state index contributed by atoms with van der Waals surface area (Å²) in [6, 6.07) is 5.76. The Morgan fingerprint density at radius 2 is 2.20 bits per heavy atom. The highest BCUT2D eigenvalue weighted by molar-refractivity contribution is 5.67. The van der Waals surface area contributed by atoms with Gasteiger partial charge in [0.05, 0.1) is 0 Å². The van der Waals surface area contributed by atoms with E-state index in [0.717, 1.165) is 36.2 Å². The zero-order chi connectivity index (χ0) is 10.3. The van der Waals surface area contributed by atoms with Crippen molar-refractivity contribution < 1.29 is 14.3 Å². The van der Waals surface area contributed by atoms with Crippen LogP contribution >= 0.6 is 0 Å². The molecule has 1 unspecified atom stereocenters. The molecule has 0 radical (unpaired) electrons. The summed E-state index contributed by atoms with van der Waals surface area (Å²) in [5.41, 5.74) is 0.988. The van der Waals surface area contributed by atoms with Gasteiger partial charge in [-0.3, -0.25) is 0 Å². The van der Waals surface area contributed by atoms with Gasteiger partial charge >= 0.3 is 0 Å². The molecule has 2 aliphatic rings. The van der Waals surface area contributed by atoms with Crippen molar-refractivity contribution in [2.45, 2.75) is 18.8 Å². The first-order valence-corrected chi connectivity index (χ1v) is 5.24. The van der Waals surface area contributed by atoms with Crippen molar-refractivity contribution in [3.05, 3.63) is 23.8 Å². The minimum atomic E-state index is -0.0124. The van der Waals surface area contributed by atoms with Crippen molar-refractivity contribution in [2.24, 2.45) is 5.92 Å². The van der Waals surface area contributed by atoms with E-state index in [9.17, 15) is 4.79 Å². The van der Waals surface area contributed by atoms with Crippen molar-refractivity contribution >= 4 is 6.29 Å². The van der Waals surface area contributed by atoms with Crippen LogP contribution in [0.1, 0.15) is 24.3 Å². The van der Waals surface area contributed by atoms with Crippen LogP contribution in [0.4, 0.5) is 0 Å². The number of hydrogen-bond donors (Lipinski definition) is 0. The number of carbonyl (C=O) groups is 1. The van der Waals surface area contributed by atoms with Gasteiger partial charge in [0.1, 0.15) is 6.29 Å².